The third kappa shape index (κ3) is 6.09. The molecule has 1 unspecified atom stereocenters. The Bertz CT molecular complexity index is 905. The summed E-state index contributed by atoms with van der Waals surface area (Å²) >= 11 is 20.1. The number of rotatable bonds is 6. The van der Waals surface area contributed by atoms with Gasteiger partial charge in [-0.05, 0) is 42.0 Å². The van der Waals surface area contributed by atoms with E-state index in [4.69, 9.17) is 39.0 Å². The van der Waals surface area contributed by atoms with Crippen LogP contribution >= 0.6 is 58.6 Å². The van der Waals surface area contributed by atoms with E-state index < -0.39 is 0 Å². The lowest BCUT2D eigenvalue weighted by atomic mass is 10.1. The van der Waals surface area contributed by atoms with Gasteiger partial charge in [-0.25, -0.2) is 4.98 Å². The summed E-state index contributed by atoms with van der Waals surface area (Å²) in [6.45, 7) is 0.527. The van der Waals surface area contributed by atoms with Crippen LogP contribution < -0.4 is 4.18 Å². The quantitative estimate of drug-likeness (QED) is 0.366. The fourth-order valence-corrected chi connectivity index (χ4v) is 4.68. The maximum Gasteiger partial charge on any atom is 0.285 e. The van der Waals surface area contributed by atoms with E-state index in [1.807, 2.05) is 16.8 Å². The van der Waals surface area contributed by atoms with E-state index in [0.717, 1.165) is 29.4 Å². The van der Waals surface area contributed by atoms with Gasteiger partial charge in [-0.2, -0.15) is 0 Å². The van der Waals surface area contributed by atoms with Gasteiger partial charge >= 0.3 is 0 Å². The zero-order valence-corrected chi connectivity index (χ0v) is 17.6. The Kier molecular flexibility index (Phi) is 7.38. The Labute approximate surface area is 180 Å². The van der Waals surface area contributed by atoms with Crippen molar-refractivity contribution in [3.8, 4) is 5.75 Å². The third-order valence-corrected chi connectivity index (χ3v) is 6.10. The van der Waals surface area contributed by atoms with E-state index in [9.17, 15) is 4.79 Å². The molecule has 0 aliphatic rings. The number of carbonyl (C=O) groups is 1. The molecule has 0 aliphatic heterocycles. The molecule has 0 bridgehead atoms. The van der Waals surface area contributed by atoms with Crippen LogP contribution in [0.2, 0.25) is 15.1 Å². The molecular formula is C18H13Cl3N2O2S2. The first-order valence-electron chi connectivity index (χ1n) is 7.72. The Hall–Kier alpha value is -1.31. The van der Waals surface area contributed by atoms with Crippen molar-refractivity contribution in [3.63, 3.8) is 0 Å². The number of imidazole rings is 1. The van der Waals surface area contributed by atoms with Crippen LogP contribution in [0.3, 0.4) is 0 Å². The first-order chi connectivity index (χ1) is 13.0. The number of thioether (sulfide) groups is 1. The van der Waals surface area contributed by atoms with Crippen molar-refractivity contribution in [1.82, 2.24) is 9.55 Å². The Balaban J connectivity index is 1.70. The molecule has 0 fully saturated rings. The minimum Gasteiger partial charge on any atom is -0.417 e. The second-order valence-electron chi connectivity index (χ2n) is 5.40. The smallest absolute Gasteiger partial charge is 0.285 e. The van der Waals surface area contributed by atoms with E-state index in [0.29, 0.717) is 27.4 Å². The average molecular weight is 460 g/mol. The van der Waals surface area contributed by atoms with E-state index in [1.165, 1.54) is 0 Å². The number of benzene rings is 2. The van der Waals surface area contributed by atoms with Crippen molar-refractivity contribution in [3.05, 3.63) is 81.8 Å². The maximum atomic E-state index is 12.5. The molecule has 0 amide bonds. The van der Waals surface area contributed by atoms with Crippen molar-refractivity contribution in [1.29, 1.82) is 0 Å². The number of nitrogens with zero attached hydrogens (tertiary/aromatic N) is 2. The topological polar surface area (TPSA) is 44.1 Å². The lowest BCUT2D eigenvalue weighted by molar-refractivity contribution is 0.275. The largest absolute Gasteiger partial charge is 0.417 e. The molecule has 2 aromatic carbocycles. The lowest BCUT2D eigenvalue weighted by Gasteiger charge is -2.18. The average Bonchev–Trinajstić information content (AvgIpc) is 3.14. The summed E-state index contributed by atoms with van der Waals surface area (Å²) in [6, 6.07) is 12.1. The van der Waals surface area contributed by atoms with Crippen molar-refractivity contribution >= 4 is 63.1 Å². The van der Waals surface area contributed by atoms with Gasteiger partial charge < -0.3 is 8.75 Å². The number of halogens is 3. The minimum atomic E-state index is -0.224. The van der Waals surface area contributed by atoms with Crippen LogP contribution in [0.1, 0.15) is 10.8 Å². The maximum absolute atomic E-state index is 12.5. The fraction of sp³-hybridized carbons (Fsp3) is 0.111. The Morgan fingerprint density at radius 3 is 2.52 bits per heavy atom. The van der Waals surface area contributed by atoms with E-state index >= 15 is 0 Å². The molecule has 27 heavy (non-hydrogen) atoms. The lowest BCUT2D eigenvalue weighted by Crippen LogP contribution is -2.07. The molecule has 3 rings (SSSR count). The Morgan fingerprint density at radius 2 is 1.85 bits per heavy atom. The molecule has 0 aliphatic carbocycles. The van der Waals surface area contributed by atoms with E-state index in [2.05, 4.69) is 4.98 Å². The summed E-state index contributed by atoms with van der Waals surface area (Å²) in [5, 5.41) is 1.43. The molecule has 0 saturated carbocycles. The molecule has 0 saturated heterocycles. The second kappa shape index (κ2) is 9.75. The highest BCUT2D eigenvalue weighted by Gasteiger charge is 2.21. The summed E-state index contributed by atoms with van der Waals surface area (Å²) in [5.41, 5.74) is 0.820. The molecule has 0 spiro atoms. The second-order valence-corrected chi connectivity index (χ2v) is 8.82. The normalized spacial score (nSPS) is 12.0. The van der Waals surface area contributed by atoms with E-state index in [-0.39, 0.29) is 9.70 Å². The molecule has 1 aromatic heterocycles. The van der Waals surface area contributed by atoms with Crippen LogP contribution in [0.4, 0.5) is 4.79 Å². The highest BCUT2D eigenvalue weighted by molar-refractivity contribution is 8.37. The first kappa shape index (κ1) is 20.4. The molecule has 9 heteroatoms. The molecular weight excluding hydrogens is 447 g/mol. The number of hydrogen-bond donors (Lipinski definition) is 0. The standard InChI is InChI=1S/C18H13Cl3N2O2S2/c19-12-1-4-14(5-2-12)25-27-18(24)26-17(10-23-8-7-22-11-23)15-6-3-13(20)9-16(15)21/h1-9,11,17H,10H2. The summed E-state index contributed by atoms with van der Waals surface area (Å²) in [7, 11) is 0. The summed E-state index contributed by atoms with van der Waals surface area (Å²) in [6.07, 6.45) is 5.21. The van der Waals surface area contributed by atoms with Crippen molar-refractivity contribution in [2.24, 2.45) is 0 Å². The number of aromatic nitrogens is 2. The van der Waals surface area contributed by atoms with Gasteiger partial charge in [-0.3, -0.25) is 4.79 Å². The predicted molar refractivity (Wildman–Crippen MR) is 114 cm³/mol. The third-order valence-electron chi connectivity index (χ3n) is 3.50. The fourth-order valence-electron chi connectivity index (χ4n) is 2.26. The van der Waals surface area contributed by atoms with Gasteiger partial charge in [0.1, 0.15) is 17.8 Å². The van der Waals surface area contributed by atoms with Crippen LogP contribution in [0.15, 0.2) is 61.2 Å². The zero-order valence-electron chi connectivity index (χ0n) is 13.7. The first-order valence-corrected chi connectivity index (χ1v) is 10.5. The van der Waals surface area contributed by atoms with E-state index in [1.54, 1.807) is 48.9 Å². The molecule has 3 aromatic rings. The summed E-state index contributed by atoms with van der Waals surface area (Å²) in [4.78, 5) is 16.5. The molecule has 1 heterocycles. The summed E-state index contributed by atoms with van der Waals surface area (Å²) in [5.74, 6) is 0.550. The summed E-state index contributed by atoms with van der Waals surface area (Å²) < 4.78 is 7.15. The van der Waals surface area contributed by atoms with Crippen LogP contribution in [0.25, 0.3) is 0 Å². The molecule has 0 N–H and O–H groups in total. The van der Waals surface area contributed by atoms with Gasteiger partial charge in [0.2, 0.25) is 0 Å². The van der Waals surface area contributed by atoms with Gasteiger partial charge in [0.15, 0.2) is 0 Å². The van der Waals surface area contributed by atoms with Gasteiger partial charge in [-0.15, -0.1) is 0 Å². The van der Waals surface area contributed by atoms with Crippen LogP contribution in [0.5, 0.6) is 5.75 Å². The number of carbonyl (C=O) groups excluding carboxylic acids is 1. The highest BCUT2D eigenvalue weighted by Crippen LogP contribution is 2.39. The Morgan fingerprint density at radius 1 is 1.11 bits per heavy atom. The van der Waals surface area contributed by atoms with Gasteiger partial charge in [0.25, 0.3) is 4.45 Å². The van der Waals surface area contributed by atoms with Gasteiger partial charge in [-0.1, -0.05) is 52.6 Å². The number of hydrogen-bond acceptors (Lipinski definition) is 5. The molecule has 4 nitrogen and oxygen atoms in total. The van der Waals surface area contributed by atoms with Crippen molar-refractivity contribution < 1.29 is 8.98 Å². The minimum absolute atomic E-state index is 0.193. The monoisotopic (exact) mass is 458 g/mol. The molecule has 140 valence electrons. The zero-order chi connectivity index (χ0) is 19.2. The van der Waals surface area contributed by atoms with Crippen LogP contribution in [-0.2, 0) is 6.54 Å². The SMILES string of the molecule is O=C(SOc1ccc(Cl)cc1)SC(Cn1ccnc1)c1ccc(Cl)cc1Cl. The van der Waals surface area contributed by atoms with Crippen LogP contribution in [0, 0.1) is 0 Å². The van der Waals surface area contributed by atoms with Gasteiger partial charge in [0, 0.05) is 34.0 Å². The molecule has 1 atom stereocenters. The van der Waals surface area contributed by atoms with Crippen molar-refractivity contribution in [2.75, 3.05) is 0 Å². The highest BCUT2D eigenvalue weighted by atomic mass is 35.5. The van der Waals surface area contributed by atoms with Crippen molar-refractivity contribution in [2.45, 2.75) is 11.8 Å². The van der Waals surface area contributed by atoms with Crippen LogP contribution in [-0.4, -0.2) is 14.0 Å². The predicted octanol–water partition coefficient (Wildman–Crippen LogP) is 7.17. The molecule has 0 radical (unpaired) electrons. The van der Waals surface area contributed by atoms with Gasteiger partial charge in [0.05, 0.1) is 11.6 Å².